The number of methoxy groups -OCH3 is 1. The molecule has 6 rings (SSSR count). The summed E-state index contributed by atoms with van der Waals surface area (Å²) in [7, 11) is 1.70. The molecule has 0 bridgehead atoms. The molecule has 5 aliphatic rings. The molecular formula is C30H43N3O3. The summed E-state index contributed by atoms with van der Waals surface area (Å²) in [6.45, 7) is 7.29. The topological polar surface area (TPSA) is 83.3 Å². The second-order valence-corrected chi connectivity index (χ2v) is 13.6. The van der Waals surface area contributed by atoms with Crippen molar-refractivity contribution in [1.82, 2.24) is 5.43 Å². The van der Waals surface area contributed by atoms with Crippen molar-refractivity contribution < 1.29 is 14.6 Å². The monoisotopic (exact) mass is 493 g/mol. The van der Waals surface area contributed by atoms with E-state index in [4.69, 9.17) is 4.74 Å². The number of nitrogens with zero attached hydrogens (tertiary/aromatic N) is 2. The predicted octanol–water partition coefficient (Wildman–Crippen LogP) is 6.04. The molecule has 0 amide bonds. The number of fused-ring (bicyclic) bond motifs is 8. The normalized spacial score (nSPS) is 46.8. The lowest BCUT2D eigenvalue weighted by molar-refractivity contribution is -0.150. The molecule has 36 heavy (non-hydrogen) atoms. The van der Waals surface area contributed by atoms with Crippen LogP contribution >= 0.6 is 0 Å². The largest absolute Gasteiger partial charge is 0.497 e. The van der Waals surface area contributed by atoms with Crippen LogP contribution in [0.5, 0.6) is 5.75 Å². The molecule has 0 aromatic heterocycles. The van der Waals surface area contributed by atoms with Gasteiger partial charge in [-0.05, 0) is 129 Å². The van der Waals surface area contributed by atoms with Gasteiger partial charge in [-0.15, -0.1) is 5.11 Å². The molecule has 196 valence electrons. The van der Waals surface area contributed by atoms with Gasteiger partial charge in [0.05, 0.1) is 24.9 Å². The molecule has 1 aromatic carbocycles. The van der Waals surface area contributed by atoms with Gasteiger partial charge in [0.2, 0.25) is 0 Å². The van der Waals surface area contributed by atoms with Crippen LogP contribution in [0.4, 0.5) is 5.69 Å². The number of ether oxygens (including phenoxy) is 1. The second-order valence-electron chi connectivity index (χ2n) is 13.6. The van der Waals surface area contributed by atoms with Gasteiger partial charge in [0.1, 0.15) is 5.75 Å². The zero-order valence-corrected chi connectivity index (χ0v) is 22.4. The van der Waals surface area contributed by atoms with Gasteiger partial charge in [0.25, 0.3) is 0 Å². The predicted molar refractivity (Wildman–Crippen MR) is 139 cm³/mol. The molecule has 6 heteroatoms. The molecule has 4 aliphatic carbocycles. The Kier molecular flexibility index (Phi) is 5.79. The van der Waals surface area contributed by atoms with Crippen LogP contribution in [0.1, 0.15) is 77.7 Å². The minimum absolute atomic E-state index is 0.0450. The highest BCUT2D eigenvalue weighted by Crippen LogP contribution is 2.69. The van der Waals surface area contributed by atoms with Gasteiger partial charge in [0, 0.05) is 5.92 Å². The molecule has 1 unspecified atom stereocenters. The molecule has 0 radical (unpaired) electrons. The van der Waals surface area contributed by atoms with Gasteiger partial charge >= 0.3 is 0 Å². The summed E-state index contributed by atoms with van der Waals surface area (Å²) < 4.78 is 5.53. The van der Waals surface area contributed by atoms with Crippen molar-refractivity contribution in [1.29, 1.82) is 0 Å². The van der Waals surface area contributed by atoms with Crippen LogP contribution in [-0.4, -0.2) is 30.1 Å². The lowest BCUT2D eigenvalue weighted by Crippen LogP contribution is -2.56. The maximum absolute atomic E-state index is 13.7. The number of nitrogens with one attached hydrogen (secondary N) is 1. The number of carbonyl (C=O) groups excluding carboxylic acids is 1. The molecule has 4 saturated carbocycles. The van der Waals surface area contributed by atoms with Gasteiger partial charge in [0.15, 0.2) is 5.78 Å². The maximum Gasteiger partial charge on any atom is 0.157 e. The fourth-order valence-corrected chi connectivity index (χ4v) is 9.99. The Hall–Kier alpha value is -1.95. The molecule has 2 N–H and O–H groups in total. The molecule has 9 atom stereocenters. The van der Waals surface area contributed by atoms with E-state index >= 15 is 0 Å². The van der Waals surface area contributed by atoms with E-state index in [2.05, 4.69) is 35.7 Å². The van der Waals surface area contributed by atoms with Crippen molar-refractivity contribution in [2.45, 2.75) is 84.2 Å². The third-order valence-electron chi connectivity index (χ3n) is 11.7. The van der Waals surface area contributed by atoms with Crippen LogP contribution in [0.2, 0.25) is 0 Å². The highest BCUT2D eigenvalue weighted by atomic mass is 16.5. The summed E-state index contributed by atoms with van der Waals surface area (Å²) in [5.41, 5.74) is 4.84. The highest BCUT2D eigenvalue weighted by molar-refractivity contribution is 5.84. The summed E-state index contributed by atoms with van der Waals surface area (Å²) in [5, 5.41) is 19.4. The van der Waals surface area contributed by atoms with Gasteiger partial charge in [-0.25, -0.2) is 0 Å². The average molecular weight is 494 g/mol. The van der Waals surface area contributed by atoms with Crippen molar-refractivity contribution in [2.24, 2.45) is 56.7 Å². The number of Topliss-reactive ketones (excluding diaryl/α,β-unsaturated/α-hetero) is 1. The number of carbonyl (C=O) groups is 1. The van der Waals surface area contributed by atoms with Gasteiger partial charge < -0.3 is 9.84 Å². The fourth-order valence-electron chi connectivity index (χ4n) is 9.99. The standard InChI is InChI=1S/C30H43N3O3/c1-28(35)11-12-29(2)20(16-28)5-7-22-23(29)9-10-30(3)24(22)15-19-13-18-14-21(36-4)6-8-25(18)32-33-31-17-26(34)27(19)30/h6,8,14,19-20,22-24,27,35H,5,7,9-13,15-17H2,1-4H3,(H,31,32)/t19-,20+,22-,23+,24+,27?,28-,29+,30+/m1/s1. The molecule has 1 aliphatic heterocycles. The minimum Gasteiger partial charge on any atom is -0.497 e. The summed E-state index contributed by atoms with van der Waals surface area (Å²) in [5.74, 6) is 4.13. The smallest absolute Gasteiger partial charge is 0.157 e. The van der Waals surface area contributed by atoms with Crippen LogP contribution < -0.4 is 10.2 Å². The number of rotatable bonds is 1. The lowest BCUT2D eigenvalue weighted by Gasteiger charge is -2.61. The molecule has 1 heterocycles. The third kappa shape index (κ3) is 3.73. The number of hydrogen-bond donors (Lipinski definition) is 2. The SMILES string of the molecule is COc1ccc2c(c1)C[C@@H]1C[C@H]3[C@@H]4CC[C@H]5C[C@](C)(O)CC[C@]5(C)[C@H]4CC[C@]3(C)C1C(=O)CN/N=N\2. The van der Waals surface area contributed by atoms with E-state index in [1.54, 1.807) is 7.11 Å². The second kappa shape index (κ2) is 8.54. The molecule has 4 fully saturated rings. The first-order valence-electron chi connectivity index (χ1n) is 14.2. The van der Waals surface area contributed by atoms with Crippen molar-refractivity contribution in [3.8, 4) is 5.75 Å². The van der Waals surface area contributed by atoms with E-state index in [0.717, 1.165) is 55.5 Å². The zero-order chi connectivity index (χ0) is 25.3. The average Bonchev–Trinajstić information content (AvgIpc) is 3.14. The highest BCUT2D eigenvalue weighted by Gasteiger charge is 2.63. The quantitative estimate of drug-likeness (QED) is 0.499. The van der Waals surface area contributed by atoms with Gasteiger partial charge in [-0.3, -0.25) is 10.2 Å². The van der Waals surface area contributed by atoms with E-state index < -0.39 is 5.60 Å². The van der Waals surface area contributed by atoms with Crippen molar-refractivity contribution >= 4 is 11.5 Å². The zero-order valence-electron chi connectivity index (χ0n) is 22.4. The summed E-state index contributed by atoms with van der Waals surface area (Å²) in [4.78, 5) is 13.7. The van der Waals surface area contributed by atoms with Crippen LogP contribution in [0, 0.1) is 46.3 Å². The van der Waals surface area contributed by atoms with Gasteiger partial charge in [-0.1, -0.05) is 19.1 Å². The first kappa shape index (κ1) is 24.4. The van der Waals surface area contributed by atoms with Crippen LogP contribution in [-0.2, 0) is 11.2 Å². The summed E-state index contributed by atoms with van der Waals surface area (Å²) in [6.07, 6.45) is 9.83. The van der Waals surface area contributed by atoms with Crippen LogP contribution in [0.3, 0.4) is 0 Å². The molecule has 1 aromatic rings. The third-order valence-corrected chi connectivity index (χ3v) is 11.7. The van der Waals surface area contributed by atoms with E-state index in [0.29, 0.717) is 40.8 Å². The first-order valence-corrected chi connectivity index (χ1v) is 14.2. The fraction of sp³-hybridized carbons (Fsp3) is 0.767. The number of hydrogen-bond acceptors (Lipinski definition) is 6. The minimum atomic E-state index is -0.500. The van der Waals surface area contributed by atoms with E-state index in [9.17, 15) is 9.90 Å². The lowest BCUT2D eigenvalue weighted by atomic mass is 9.44. The maximum atomic E-state index is 13.7. The Bertz CT molecular complexity index is 1070. The Morgan fingerprint density at radius 3 is 2.69 bits per heavy atom. The van der Waals surface area contributed by atoms with Crippen LogP contribution in [0.25, 0.3) is 0 Å². The number of ketones is 1. The van der Waals surface area contributed by atoms with Crippen molar-refractivity contribution in [3.05, 3.63) is 23.8 Å². The van der Waals surface area contributed by atoms with Gasteiger partial charge in [-0.2, -0.15) is 0 Å². The van der Waals surface area contributed by atoms with E-state index in [-0.39, 0.29) is 17.9 Å². The summed E-state index contributed by atoms with van der Waals surface area (Å²) >= 11 is 0. The Morgan fingerprint density at radius 2 is 1.89 bits per heavy atom. The number of benzene rings is 1. The van der Waals surface area contributed by atoms with Crippen LogP contribution in [0.15, 0.2) is 28.5 Å². The number of aliphatic hydroxyl groups is 1. The van der Waals surface area contributed by atoms with E-state index in [1.165, 1.54) is 19.3 Å². The summed E-state index contributed by atoms with van der Waals surface area (Å²) in [6, 6.07) is 6.01. The Balaban J connectivity index is 1.33. The first-order chi connectivity index (χ1) is 17.1. The molecule has 6 nitrogen and oxygen atoms in total. The molecule has 0 saturated heterocycles. The van der Waals surface area contributed by atoms with E-state index in [1.807, 2.05) is 19.1 Å². The Morgan fingerprint density at radius 1 is 1.06 bits per heavy atom. The Labute approximate surface area is 215 Å². The van der Waals surface area contributed by atoms with Crippen molar-refractivity contribution in [3.63, 3.8) is 0 Å². The molecular weight excluding hydrogens is 450 g/mol. The molecule has 0 spiro atoms. The van der Waals surface area contributed by atoms with Crippen molar-refractivity contribution in [2.75, 3.05) is 13.7 Å².